The van der Waals surface area contributed by atoms with Gasteiger partial charge in [-0.1, -0.05) is 37.5 Å². The molecule has 1 saturated heterocycles. The summed E-state index contributed by atoms with van der Waals surface area (Å²) in [6, 6.07) is 9.47. The minimum absolute atomic E-state index is 0. The number of halogens is 1. The van der Waals surface area contributed by atoms with E-state index in [0.29, 0.717) is 13.1 Å². The van der Waals surface area contributed by atoms with Crippen molar-refractivity contribution in [3.63, 3.8) is 0 Å². The molecule has 1 aliphatic carbocycles. The average Bonchev–Trinajstić information content (AvgIpc) is 2.64. The minimum atomic E-state index is -0.694. The van der Waals surface area contributed by atoms with Gasteiger partial charge in [0.1, 0.15) is 0 Å². The number of para-hydroxylation sites is 1. The van der Waals surface area contributed by atoms with E-state index >= 15 is 0 Å². The Morgan fingerprint density at radius 3 is 2.27 bits per heavy atom. The summed E-state index contributed by atoms with van der Waals surface area (Å²) in [6.07, 6.45) is 6.31. The van der Waals surface area contributed by atoms with Gasteiger partial charge in [-0.3, -0.25) is 4.79 Å². The van der Waals surface area contributed by atoms with Crippen molar-refractivity contribution in [2.75, 3.05) is 18.4 Å². The smallest absolute Gasteiger partial charge is 0.321 e. The number of hydrogen-bond acceptors (Lipinski definition) is 3. The van der Waals surface area contributed by atoms with Gasteiger partial charge in [-0.15, -0.1) is 12.4 Å². The average molecular weight is 381 g/mol. The van der Waals surface area contributed by atoms with Gasteiger partial charge in [-0.2, -0.15) is 0 Å². The number of carbonyl (C=O) groups excluding carboxylic acids is 2. The number of hydrogen-bond donors (Lipinski definition) is 3. The molecule has 1 saturated carbocycles. The predicted molar refractivity (Wildman–Crippen MR) is 105 cm³/mol. The van der Waals surface area contributed by atoms with E-state index in [4.69, 9.17) is 5.73 Å². The van der Waals surface area contributed by atoms with Crippen molar-refractivity contribution in [3.8, 4) is 0 Å². The number of urea groups is 1. The highest BCUT2D eigenvalue weighted by molar-refractivity contribution is 5.89. The van der Waals surface area contributed by atoms with Crippen LogP contribution in [0.3, 0.4) is 0 Å². The molecule has 0 atom stereocenters. The largest absolute Gasteiger partial charge is 0.352 e. The third-order valence-corrected chi connectivity index (χ3v) is 5.34. The SMILES string of the molecule is Cl.NC1(C(=O)NC2CCN(C(=O)Nc3ccccc3)CC2)CCCCC1. The summed E-state index contributed by atoms with van der Waals surface area (Å²) >= 11 is 0. The Bertz CT molecular complexity index is 597. The zero-order chi connectivity index (χ0) is 17.7. The van der Waals surface area contributed by atoms with Crippen LogP contribution in [0.2, 0.25) is 0 Å². The van der Waals surface area contributed by atoms with Crippen molar-refractivity contribution >= 4 is 30.0 Å². The van der Waals surface area contributed by atoms with Gasteiger partial charge < -0.3 is 21.3 Å². The maximum absolute atomic E-state index is 12.5. The highest BCUT2D eigenvalue weighted by Gasteiger charge is 2.36. The van der Waals surface area contributed by atoms with Crippen LogP contribution in [-0.4, -0.2) is 41.5 Å². The number of nitrogens with one attached hydrogen (secondary N) is 2. The fraction of sp³-hybridized carbons (Fsp3) is 0.579. The number of piperidine rings is 1. The van der Waals surface area contributed by atoms with Gasteiger partial charge in [0.2, 0.25) is 5.91 Å². The fourth-order valence-electron chi connectivity index (χ4n) is 3.69. The van der Waals surface area contributed by atoms with Gasteiger partial charge >= 0.3 is 6.03 Å². The molecule has 26 heavy (non-hydrogen) atoms. The molecular formula is C19H29ClN4O2. The second-order valence-corrected chi connectivity index (χ2v) is 7.25. The summed E-state index contributed by atoms with van der Waals surface area (Å²) in [4.78, 5) is 26.6. The van der Waals surface area contributed by atoms with Crippen molar-refractivity contribution in [1.29, 1.82) is 0 Å². The van der Waals surface area contributed by atoms with Crippen molar-refractivity contribution < 1.29 is 9.59 Å². The fourth-order valence-corrected chi connectivity index (χ4v) is 3.69. The van der Waals surface area contributed by atoms with Crippen LogP contribution in [-0.2, 0) is 4.79 Å². The molecule has 144 valence electrons. The van der Waals surface area contributed by atoms with Crippen LogP contribution in [0.25, 0.3) is 0 Å². The van der Waals surface area contributed by atoms with Crippen molar-refractivity contribution in [1.82, 2.24) is 10.2 Å². The Hall–Kier alpha value is -1.79. The molecule has 1 aromatic rings. The van der Waals surface area contributed by atoms with E-state index in [-0.39, 0.29) is 30.4 Å². The summed E-state index contributed by atoms with van der Waals surface area (Å²) in [7, 11) is 0. The molecule has 3 amide bonds. The topological polar surface area (TPSA) is 87.5 Å². The quantitative estimate of drug-likeness (QED) is 0.753. The minimum Gasteiger partial charge on any atom is -0.352 e. The molecule has 0 aromatic heterocycles. The Morgan fingerprint density at radius 2 is 1.65 bits per heavy atom. The van der Waals surface area contributed by atoms with E-state index in [1.54, 1.807) is 4.90 Å². The molecule has 0 spiro atoms. The molecule has 0 radical (unpaired) electrons. The van der Waals surface area contributed by atoms with E-state index in [0.717, 1.165) is 44.2 Å². The normalized spacial score (nSPS) is 20.0. The first-order valence-corrected chi connectivity index (χ1v) is 9.28. The van der Waals surface area contributed by atoms with Gasteiger partial charge in [0, 0.05) is 24.8 Å². The van der Waals surface area contributed by atoms with Gasteiger partial charge in [0.05, 0.1) is 5.54 Å². The lowest BCUT2D eigenvalue weighted by molar-refractivity contribution is -0.128. The van der Waals surface area contributed by atoms with Gasteiger partial charge in [0.25, 0.3) is 0 Å². The van der Waals surface area contributed by atoms with Crippen LogP contribution >= 0.6 is 12.4 Å². The second-order valence-electron chi connectivity index (χ2n) is 7.25. The van der Waals surface area contributed by atoms with Crippen LogP contribution in [0.15, 0.2) is 30.3 Å². The third kappa shape index (κ3) is 5.11. The van der Waals surface area contributed by atoms with Crippen LogP contribution in [0, 0.1) is 0 Å². The molecule has 0 bridgehead atoms. The second kappa shape index (κ2) is 9.24. The van der Waals surface area contributed by atoms with Gasteiger partial charge in [-0.05, 0) is 37.8 Å². The molecule has 0 unspecified atom stereocenters. The van der Waals surface area contributed by atoms with Crippen LogP contribution in [0.1, 0.15) is 44.9 Å². The lowest BCUT2D eigenvalue weighted by Crippen LogP contribution is -2.58. The third-order valence-electron chi connectivity index (χ3n) is 5.34. The maximum atomic E-state index is 12.5. The van der Waals surface area contributed by atoms with Crippen LogP contribution < -0.4 is 16.4 Å². The summed E-state index contributed by atoms with van der Waals surface area (Å²) in [6.45, 7) is 1.28. The van der Waals surface area contributed by atoms with E-state index < -0.39 is 5.54 Å². The Kier molecular flexibility index (Phi) is 7.29. The number of anilines is 1. The molecule has 6 nitrogen and oxygen atoms in total. The predicted octanol–water partition coefficient (Wildman–Crippen LogP) is 2.88. The van der Waals surface area contributed by atoms with Crippen molar-refractivity contribution in [2.45, 2.75) is 56.5 Å². The van der Waals surface area contributed by atoms with Gasteiger partial charge in [0.15, 0.2) is 0 Å². The maximum Gasteiger partial charge on any atom is 0.321 e. The summed E-state index contributed by atoms with van der Waals surface area (Å²) in [5, 5.41) is 6.02. The zero-order valence-corrected chi connectivity index (χ0v) is 15.9. The van der Waals surface area contributed by atoms with Crippen molar-refractivity contribution in [3.05, 3.63) is 30.3 Å². The Labute approximate surface area is 161 Å². The lowest BCUT2D eigenvalue weighted by atomic mass is 9.81. The standard InChI is InChI=1S/C19H28N4O2.ClH/c20-19(11-5-2-6-12-19)17(24)21-16-9-13-23(14-10-16)18(25)22-15-7-3-1-4-8-15;/h1,3-4,7-8,16H,2,5-6,9-14,20H2,(H,21,24)(H,22,25);1H. The molecule has 7 heteroatoms. The lowest BCUT2D eigenvalue weighted by Gasteiger charge is -2.36. The number of nitrogens with zero attached hydrogens (tertiary/aromatic N) is 1. The molecule has 2 fully saturated rings. The number of nitrogens with two attached hydrogens (primary N) is 1. The Balaban J connectivity index is 0.00000243. The highest BCUT2D eigenvalue weighted by Crippen LogP contribution is 2.26. The molecule has 1 aliphatic heterocycles. The zero-order valence-electron chi connectivity index (χ0n) is 15.1. The van der Waals surface area contributed by atoms with E-state index in [2.05, 4.69) is 10.6 Å². The summed E-state index contributed by atoms with van der Waals surface area (Å²) in [5.41, 5.74) is 6.40. The Morgan fingerprint density at radius 1 is 1.04 bits per heavy atom. The first kappa shape index (κ1) is 20.5. The summed E-state index contributed by atoms with van der Waals surface area (Å²) < 4.78 is 0. The summed E-state index contributed by atoms with van der Waals surface area (Å²) in [5.74, 6) is -0.0145. The first-order chi connectivity index (χ1) is 12.1. The number of likely N-dealkylation sites (tertiary alicyclic amines) is 1. The van der Waals surface area contributed by atoms with Crippen LogP contribution in [0.4, 0.5) is 10.5 Å². The molecule has 3 rings (SSSR count). The molecule has 1 heterocycles. The van der Waals surface area contributed by atoms with Gasteiger partial charge in [-0.25, -0.2) is 4.79 Å². The highest BCUT2D eigenvalue weighted by atomic mass is 35.5. The van der Waals surface area contributed by atoms with E-state index in [1.165, 1.54) is 6.42 Å². The van der Waals surface area contributed by atoms with E-state index in [9.17, 15) is 9.59 Å². The number of amides is 3. The van der Waals surface area contributed by atoms with Crippen LogP contribution in [0.5, 0.6) is 0 Å². The molecule has 2 aliphatic rings. The monoisotopic (exact) mass is 380 g/mol. The first-order valence-electron chi connectivity index (χ1n) is 9.28. The van der Waals surface area contributed by atoms with E-state index in [1.807, 2.05) is 30.3 Å². The number of carbonyl (C=O) groups is 2. The molecule has 4 N–H and O–H groups in total. The molecule has 1 aromatic carbocycles. The number of rotatable bonds is 3. The van der Waals surface area contributed by atoms with Crippen molar-refractivity contribution in [2.24, 2.45) is 5.73 Å². The number of benzene rings is 1. The molecular weight excluding hydrogens is 352 g/mol.